The summed E-state index contributed by atoms with van der Waals surface area (Å²) in [6.45, 7) is 5.74. The van der Waals surface area contributed by atoms with Gasteiger partial charge in [-0.1, -0.05) is 49.2 Å². The van der Waals surface area contributed by atoms with Gasteiger partial charge in [0.25, 0.3) is 0 Å². The fraction of sp³-hybridized carbons (Fsp3) is 0.375. The number of hydrogen-bond acceptors (Lipinski definition) is 3. The van der Waals surface area contributed by atoms with E-state index in [0.717, 1.165) is 40.8 Å². The quantitative estimate of drug-likeness (QED) is 0.712. The Hall–Kier alpha value is -0.740. The minimum atomic E-state index is 0.0245. The summed E-state index contributed by atoms with van der Waals surface area (Å²) in [4.78, 5) is 0. The molecule has 0 saturated carbocycles. The average molecular weight is 344 g/mol. The Labute approximate surface area is 140 Å². The predicted octanol–water partition coefficient (Wildman–Crippen LogP) is 5.54. The zero-order chi connectivity index (χ0) is 15.2. The highest BCUT2D eigenvalue weighted by Gasteiger charge is 2.19. The summed E-state index contributed by atoms with van der Waals surface area (Å²) in [5.74, 6) is 0.884. The highest BCUT2D eigenvalue weighted by atomic mass is 35.5. The molecule has 1 aromatic carbocycles. The predicted molar refractivity (Wildman–Crippen MR) is 92.1 cm³/mol. The number of thiophene rings is 1. The second-order valence-corrected chi connectivity index (χ2v) is 6.98. The molecule has 1 unspecified atom stereocenters. The van der Waals surface area contributed by atoms with E-state index in [9.17, 15) is 0 Å². The molecule has 0 bridgehead atoms. The van der Waals surface area contributed by atoms with Gasteiger partial charge in [-0.15, -0.1) is 11.3 Å². The van der Waals surface area contributed by atoms with Gasteiger partial charge in [0.05, 0.1) is 21.3 Å². The molecule has 0 saturated heterocycles. The third-order valence-corrected chi connectivity index (χ3v) is 4.58. The number of ether oxygens (including phenoxy) is 1. The zero-order valence-corrected chi connectivity index (χ0v) is 14.5. The lowest BCUT2D eigenvalue weighted by atomic mass is 10.0. The largest absolute Gasteiger partial charge is 0.494 e. The Balaban J connectivity index is 2.31. The van der Waals surface area contributed by atoms with Crippen molar-refractivity contribution in [2.75, 3.05) is 13.2 Å². The molecule has 0 radical (unpaired) electrons. The molecule has 114 valence electrons. The van der Waals surface area contributed by atoms with Crippen molar-refractivity contribution in [1.82, 2.24) is 5.32 Å². The van der Waals surface area contributed by atoms with Gasteiger partial charge < -0.3 is 10.1 Å². The Morgan fingerprint density at radius 2 is 2.05 bits per heavy atom. The van der Waals surface area contributed by atoms with Crippen molar-refractivity contribution in [3.8, 4) is 5.75 Å². The summed E-state index contributed by atoms with van der Waals surface area (Å²) in [5.41, 5.74) is 2.14. The first-order chi connectivity index (χ1) is 10.2. The fourth-order valence-electron chi connectivity index (χ4n) is 2.17. The Bertz CT molecular complexity index is 585. The molecule has 2 rings (SSSR count). The van der Waals surface area contributed by atoms with Gasteiger partial charge in [-0.25, -0.2) is 0 Å². The van der Waals surface area contributed by atoms with Gasteiger partial charge in [-0.05, 0) is 36.7 Å². The van der Waals surface area contributed by atoms with Crippen molar-refractivity contribution < 1.29 is 4.74 Å². The Morgan fingerprint density at radius 1 is 1.24 bits per heavy atom. The number of rotatable bonds is 7. The molecular formula is C16H19Cl2NOS. The monoisotopic (exact) mass is 343 g/mol. The molecule has 0 spiro atoms. The molecule has 2 aromatic rings. The molecular weight excluding hydrogens is 325 g/mol. The lowest BCUT2D eigenvalue weighted by molar-refractivity contribution is 0.317. The van der Waals surface area contributed by atoms with Gasteiger partial charge in [0.2, 0.25) is 0 Å². The van der Waals surface area contributed by atoms with Gasteiger partial charge >= 0.3 is 0 Å². The van der Waals surface area contributed by atoms with E-state index in [1.165, 1.54) is 11.3 Å². The van der Waals surface area contributed by atoms with Crippen molar-refractivity contribution in [2.24, 2.45) is 0 Å². The van der Waals surface area contributed by atoms with E-state index < -0.39 is 0 Å². The van der Waals surface area contributed by atoms with Crippen molar-refractivity contribution in [3.63, 3.8) is 0 Å². The number of halogens is 2. The molecule has 1 atom stereocenters. The highest BCUT2D eigenvalue weighted by Crippen LogP contribution is 2.38. The van der Waals surface area contributed by atoms with Crippen LogP contribution in [0.4, 0.5) is 0 Å². The number of benzene rings is 1. The molecule has 0 aliphatic carbocycles. The lowest BCUT2D eigenvalue weighted by Gasteiger charge is -2.19. The second-order valence-electron chi connectivity index (χ2n) is 4.69. The molecule has 5 heteroatoms. The first-order valence-electron chi connectivity index (χ1n) is 7.06. The molecule has 1 N–H and O–H groups in total. The van der Waals surface area contributed by atoms with Crippen molar-refractivity contribution in [3.05, 3.63) is 50.1 Å². The van der Waals surface area contributed by atoms with Crippen LogP contribution in [0.3, 0.4) is 0 Å². The van der Waals surface area contributed by atoms with Crippen molar-refractivity contribution in [2.45, 2.75) is 26.3 Å². The Morgan fingerprint density at radius 3 is 2.67 bits per heavy atom. The number of nitrogens with one attached hydrogen (secondary N) is 1. The third kappa shape index (κ3) is 4.36. The van der Waals surface area contributed by atoms with E-state index in [0.29, 0.717) is 4.34 Å². The zero-order valence-electron chi connectivity index (χ0n) is 12.2. The van der Waals surface area contributed by atoms with E-state index in [1.807, 2.05) is 18.2 Å². The molecule has 0 aliphatic heterocycles. The summed E-state index contributed by atoms with van der Waals surface area (Å²) in [7, 11) is 0. The van der Waals surface area contributed by atoms with Crippen LogP contribution in [0.1, 0.15) is 37.4 Å². The third-order valence-electron chi connectivity index (χ3n) is 3.07. The van der Waals surface area contributed by atoms with Crippen LogP contribution in [0.25, 0.3) is 0 Å². The van der Waals surface area contributed by atoms with Crippen molar-refractivity contribution >= 4 is 34.5 Å². The molecule has 0 amide bonds. The standard InChI is InChI=1S/C16H19Cl2NOS/c1-3-8-20-12-7-5-6-11(9-12)15(19-4-2)13-10-14(17)21-16(13)18/h5-7,9-10,15,19H,3-4,8H2,1-2H3. The van der Waals surface area contributed by atoms with E-state index in [1.54, 1.807) is 0 Å². The Kier molecular flexibility index (Phi) is 6.37. The van der Waals surface area contributed by atoms with E-state index in [2.05, 4.69) is 31.3 Å². The summed E-state index contributed by atoms with van der Waals surface area (Å²) in [6, 6.07) is 10.1. The van der Waals surface area contributed by atoms with Gasteiger partial charge in [0, 0.05) is 5.56 Å². The summed E-state index contributed by atoms with van der Waals surface area (Å²) in [5, 5.41) is 3.46. The van der Waals surface area contributed by atoms with Crippen LogP contribution in [-0.2, 0) is 0 Å². The maximum Gasteiger partial charge on any atom is 0.119 e. The lowest BCUT2D eigenvalue weighted by Crippen LogP contribution is -2.21. The van der Waals surface area contributed by atoms with Crippen LogP contribution in [0.2, 0.25) is 8.67 Å². The summed E-state index contributed by atoms with van der Waals surface area (Å²) < 4.78 is 7.14. The summed E-state index contributed by atoms with van der Waals surface area (Å²) in [6.07, 6.45) is 0.993. The summed E-state index contributed by atoms with van der Waals surface area (Å²) >= 11 is 13.8. The van der Waals surface area contributed by atoms with Crippen LogP contribution in [0.15, 0.2) is 30.3 Å². The number of hydrogen-bond donors (Lipinski definition) is 1. The van der Waals surface area contributed by atoms with Crippen LogP contribution < -0.4 is 10.1 Å². The molecule has 1 aromatic heterocycles. The van der Waals surface area contributed by atoms with Gasteiger partial charge in [-0.2, -0.15) is 0 Å². The molecule has 21 heavy (non-hydrogen) atoms. The van der Waals surface area contributed by atoms with Gasteiger partial charge in [0.15, 0.2) is 0 Å². The van der Waals surface area contributed by atoms with Crippen LogP contribution in [0.5, 0.6) is 5.75 Å². The first kappa shape index (κ1) is 16.6. The maximum absolute atomic E-state index is 6.31. The van der Waals surface area contributed by atoms with E-state index >= 15 is 0 Å². The second kappa shape index (κ2) is 8.04. The average Bonchev–Trinajstić information content (AvgIpc) is 2.81. The van der Waals surface area contributed by atoms with Gasteiger partial charge in [-0.3, -0.25) is 0 Å². The smallest absolute Gasteiger partial charge is 0.119 e. The fourth-order valence-corrected chi connectivity index (χ4v) is 3.70. The minimum absolute atomic E-state index is 0.0245. The normalized spacial score (nSPS) is 12.4. The minimum Gasteiger partial charge on any atom is -0.494 e. The first-order valence-corrected chi connectivity index (χ1v) is 8.63. The van der Waals surface area contributed by atoms with Crippen molar-refractivity contribution in [1.29, 1.82) is 0 Å². The highest BCUT2D eigenvalue weighted by molar-refractivity contribution is 7.20. The SMILES string of the molecule is CCCOc1cccc(C(NCC)c2cc(Cl)sc2Cl)c1. The van der Waals surface area contributed by atoms with Crippen LogP contribution >= 0.6 is 34.5 Å². The van der Waals surface area contributed by atoms with E-state index in [-0.39, 0.29) is 6.04 Å². The molecule has 1 heterocycles. The van der Waals surface area contributed by atoms with Gasteiger partial charge in [0.1, 0.15) is 5.75 Å². The van der Waals surface area contributed by atoms with Crippen LogP contribution in [-0.4, -0.2) is 13.2 Å². The molecule has 0 fully saturated rings. The van der Waals surface area contributed by atoms with Crippen LogP contribution in [0, 0.1) is 0 Å². The maximum atomic E-state index is 6.31. The molecule has 2 nitrogen and oxygen atoms in total. The topological polar surface area (TPSA) is 21.3 Å². The molecule has 0 aliphatic rings. The van der Waals surface area contributed by atoms with E-state index in [4.69, 9.17) is 27.9 Å².